The second-order valence-electron chi connectivity index (χ2n) is 5.69. The molecule has 3 N–H and O–H groups in total. The molecule has 2 aromatic carbocycles. The molecule has 0 aromatic heterocycles. The van der Waals surface area contributed by atoms with Gasteiger partial charge in [0.25, 0.3) is 0 Å². The number of aryl methyl sites for hydroxylation is 1. The maximum Gasteiger partial charge on any atom is 0.337 e. The Morgan fingerprint density at radius 2 is 1.69 bits per heavy atom. The highest BCUT2D eigenvalue weighted by atomic mass is 32.1. The van der Waals surface area contributed by atoms with E-state index in [4.69, 9.17) is 12.2 Å². The largest absolute Gasteiger partial charge is 0.465 e. The van der Waals surface area contributed by atoms with Gasteiger partial charge in [0.05, 0.1) is 12.7 Å². The fraction of sp³-hybridized carbons (Fsp3) is 0.211. The summed E-state index contributed by atoms with van der Waals surface area (Å²) in [6.45, 7) is 3.65. The zero-order valence-corrected chi connectivity index (χ0v) is 15.6. The van der Waals surface area contributed by atoms with Crippen LogP contribution in [0, 0.1) is 6.92 Å². The highest BCUT2D eigenvalue weighted by molar-refractivity contribution is 7.80. The summed E-state index contributed by atoms with van der Waals surface area (Å²) < 4.78 is 4.65. The van der Waals surface area contributed by atoms with Gasteiger partial charge in [0.2, 0.25) is 5.91 Å². The molecule has 0 aliphatic heterocycles. The third kappa shape index (κ3) is 5.29. The van der Waals surface area contributed by atoms with Crippen LogP contribution < -0.4 is 16.0 Å². The van der Waals surface area contributed by atoms with Crippen molar-refractivity contribution < 1.29 is 14.3 Å². The van der Waals surface area contributed by atoms with Crippen LogP contribution in [0.1, 0.15) is 22.8 Å². The van der Waals surface area contributed by atoms with Gasteiger partial charge in [0.1, 0.15) is 6.04 Å². The number of hydrogen-bond donors (Lipinski definition) is 3. The van der Waals surface area contributed by atoms with Crippen molar-refractivity contribution in [2.75, 3.05) is 17.7 Å². The van der Waals surface area contributed by atoms with E-state index in [-0.39, 0.29) is 5.91 Å². The first kappa shape index (κ1) is 19.4. The monoisotopic (exact) mass is 371 g/mol. The van der Waals surface area contributed by atoms with Gasteiger partial charge in [-0.1, -0.05) is 18.2 Å². The van der Waals surface area contributed by atoms with E-state index in [1.165, 1.54) is 7.11 Å². The highest BCUT2D eigenvalue weighted by Gasteiger charge is 2.15. The zero-order valence-electron chi connectivity index (χ0n) is 14.8. The van der Waals surface area contributed by atoms with E-state index in [9.17, 15) is 9.59 Å². The van der Waals surface area contributed by atoms with Crippen LogP contribution in [0.2, 0.25) is 0 Å². The molecule has 0 spiro atoms. The van der Waals surface area contributed by atoms with Crippen molar-refractivity contribution in [2.45, 2.75) is 19.9 Å². The normalized spacial score (nSPS) is 11.2. The number of esters is 1. The first-order chi connectivity index (χ1) is 12.4. The van der Waals surface area contributed by atoms with Gasteiger partial charge in [-0.3, -0.25) is 4.79 Å². The van der Waals surface area contributed by atoms with Crippen molar-refractivity contribution in [1.29, 1.82) is 0 Å². The number of amides is 1. The molecule has 0 fully saturated rings. The lowest BCUT2D eigenvalue weighted by Crippen LogP contribution is -2.43. The number of rotatable bonds is 5. The Balaban J connectivity index is 1.89. The number of carbonyl (C=O) groups is 2. The number of para-hydroxylation sites is 1. The minimum absolute atomic E-state index is 0.190. The molecule has 0 bridgehead atoms. The van der Waals surface area contributed by atoms with Gasteiger partial charge in [-0.2, -0.15) is 0 Å². The van der Waals surface area contributed by atoms with Gasteiger partial charge in [-0.05, 0) is 62.0 Å². The van der Waals surface area contributed by atoms with Crippen molar-refractivity contribution >= 4 is 40.6 Å². The first-order valence-electron chi connectivity index (χ1n) is 8.03. The van der Waals surface area contributed by atoms with Crippen LogP contribution in [-0.2, 0) is 9.53 Å². The molecule has 26 heavy (non-hydrogen) atoms. The molecular formula is C19H21N3O3S. The predicted molar refractivity (Wildman–Crippen MR) is 106 cm³/mol. The Hall–Kier alpha value is -2.93. The quantitative estimate of drug-likeness (QED) is 0.554. The van der Waals surface area contributed by atoms with Crippen molar-refractivity contribution in [1.82, 2.24) is 5.32 Å². The van der Waals surface area contributed by atoms with Gasteiger partial charge >= 0.3 is 5.97 Å². The maximum atomic E-state index is 12.3. The van der Waals surface area contributed by atoms with E-state index in [0.29, 0.717) is 16.4 Å². The van der Waals surface area contributed by atoms with E-state index < -0.39 is 12.0 Å². The minimum atomic E-state index is -0.524. The molecule has 0 saturated carbocycles. The number of thiocarbonyl (C=S) groups is 1. The standard InChI is InChI=1S/C19H21N3O3S/c1-12-6-4-5-7-16(12)22-17(23)13(2)20-19(26)21-15-10-8-14(9-11-15)18(24)25-3/h4-11,13H,1-3H3,(H,22,23)(H2,20,21,26)/t13-/m0/s1. The lowest BCUT2D eigenvalue weighted by Gasteiger charge is -2.17. The van der Waals surface area contributed by atoms with Crippen LogP contribution >= 0.6 is 12.2 Å². The van der Waals surface area contributed by atoms with Crippen LogP contribution in [0.3, 0.4) is 0 Å². The Morgan fingerprint density at radius 1 is 1.04 bits per heavy atom. The molecule has 2 rings (SSSR count). The molecule has 0 saturated heterocycles. The molecular weight excluding hydrogens is 350 g/mol. The third-order valence-corrected chi connectivity index (χ3v) is 3.93. The van der Waals surface area contributed by atoms with E-state index in [1.54, 1.807) is 31.2 Å². The Morgan fingerprint density at radius 3 is 2.31 bits per heavy atom. The second kappa shape index (κ2) is 8.96. The van der Waals surface area contributed by atoms with Crippen LogP contribution in [0.5, 0.6) is 0 Å². The molecule has 0 heterocycles. The lowest BCUT2D eigenvalue weighted by molar-refractivity contribution is -0.117. The number of methoxy groups -OCH3 is 1. The summed E-state index contributed by atoms with van der Waals surface area (Å²) in [5, 5.41) is 9.08. The fourth-order valence-electron chi connectivity index (χ4n) is 2.19. The average Bonchev–Trinajstić information content (AvgIpc) is 2.63. The maximum absolute atomic E-state index is 12.3. The van der Waals surface area contributed by atoms with Crippen molar-refractivity contribution in [3.05, 3.63) is 59.7 Å². The van der Waals surface area contributed by atoms with Crippen LogP contribution in [-0.4, -0.2) is 30.1 Å². The van der Waals surface area contributed by atoms with E-state index in [2.05, 4.69) is 20.7 Å². The topological polar surface area (TPSA) is 79.5 Å². The summed E-state index contributed by atoms with van der Waals surface area (Å²) in [6.07, 6.45) is 0. The van der Waals surface area contributed by atoms with Crippen molar-refractivity contribution in [3.8, 4) is 0 Å². The summed E-state index contributed by atoms with van der Waals surface area (Å²) in [5.41, 5.74) is 2.90. The fourth-order valence-corrected chi connectivity index (χ4v) is 2.49. The lowest BCUT2D eigenvalue weighted by atomic mass is 10.2. The van der Waals surface area contributed by atoms with Crippen molar-refractivity contribution in [3.63, 3.8) is 0 Å². The summed E-state index contributed by atoms with van der Waals surface area (Å²) in [7, 11) is 1.33. The predicted octanol–water partition coefficient (Wildman–Crippen LogP) is 3.10. The summed E-state index contributed by atoms with van der Waals surface area (Å²) in [6, 6.07) is 13.7. The molecule has 136 valence electrons. The summed E-state index contributed by atoms with van der Waals surface area (Å²) >= 11 is 5.24. The first-order valence-corrected chi connectivity index (χ1v) is 8.44. The molecule has 1 atom stereocenters. The van der Waals surface area contributed by atoms with Gasteiger partial charge in [-0.15, -0.1) is 0 Å². The zero-order chi connectivity index (χ0) is 19.1. The van der Waals surface area contributed by atoms with E-state index in [0.717, 1.165) is 11.3 Å². The molecule has 0 aliphatic carbocycles. The van der Waals surface area contributed by atoms with Gasteiger partial charge in [-0.25, -0.2) is 4.79 Å². The molecule has 7 heteroatoms. The minimum Gasteiger partial charge on any atom is -0.465 e. The highest BCUT2D eigenvalue weighted by Crippen LogP contribution is 2.13. The van der Waals surface area contributed by atoms with E-state index in [1.807, 2.05) is 31.2 Å². The second-order valence-corrected chi connectivity index (χ2v) is 6.10. The number of ether oxygens (including phenoxy) is 1. The van der Waals surface area contributed by atoms with Gasteiger partial charge in [0, 0.05) is 11.4 Å². The Bertz CT molecular complexity index is 806. The molecule has 6 nitrogen and oxygen atoms in total. The Labute approximate surface area is 157 Å². The average molecular weight is 371 g/mol. The molecule has 2 aromatic rings. The molecule has 0 unspecified atom stereocenters. The van der Waals surface area contributed by atoms with Crippen LogP contribution in [0.15, 0.2) is 48.5 Å². The summed E-state index contributed by atoms with van der Waals surface area (Å²) in [5.74, 6) is -0.594. The molecule has 0 radical (unpaired) electrons. The third-order valence-electron chi connectivity index (χ3n) is 3.71. The number of anilines is 2. The van der Waals surface area contributed by atoms with Gasteiger partial charge in [0.15, 0.2) is 5.11 Å². The smallest absolute Gasteiger partial charge is 0.337 e. The molecule has 0 aliphatic rings. The van der Waals surface area contributed by atoms with Crippen LogP contribution in [0.4, 0.5) is 11.4 Å². The number of carbonyl (C=O) groups excluding carboxylic acids is 2. The number of hydrogen-bond acceptors (Lipinski definition) is 4. The SMILES string of the molecule is COC(=O)c1ccc(NC(=S)N[C@@H](C)C(=O)Nc2ccccc2C)cc1. The van der Waals surface area contributed by atoms with Gasteiger partial charge < -0.3 is 20.7 Å². The molecule has 1 amide bonds. The van der Waals surface area contributed by atoms with Crippen LogP contribution in [0.25, 0.3) is 0 Å². The van der Waals surface area contributed by atoms with Crippen molar-refractivity contribution in [2.24, 2.45) is 0 Å². The van der Waals surface area contributed by atoms with E-state index >= 15 is 0 Å². The summed E-state index contributed by atoms with van der Waals surface area (Å²) in [4.78, 5) is 23.7. The Kier molecular flexibility index (Phi) is 6.68. The number of benzene rings is 2. The number of nitrogens with one attached hydrogen (secondary N) is 3.